The van der Waals surface area contributed by atoms with E-state index < -0.39 is 5.91 Å². The number of rotatable bonds is 5. The minimum absolute atomic E-state index is 0.0748. The summed E-state index contributed by atoms with van der Waals surface area (Å²) >= 11 is 0. The Morgan fingerprint density at radius 1 is 1.35 bits per heavy atom. The van der Waals surface area contributed by atoms with Crippen molar-refractivity contribution in [3.05, 3.63) is 29.5 Å². The predicted molar refractivity (Wildman–Crippen MR) is 71.8 cm³/mol. The molecule has 0 saturated carbocycles. The van der Waals surface area contributed by atoms with Gasteiger partial charge in [0.05, 0.1) is 6.61 Å². The third kappa shape index (κ3) is 3.31. The highest BCUT2D eigenvalue weighted by Gasteiger charge is 2.14. The molecule has 2 aromatic rings. The molecule has 7 nitrogen and oxygen atoms in total. The van der Waals surface area contributed by atoms with E-state index in [1.807, 2.05) is 6.92 Å². The first-order valence-corrected chi connectivity index (χ1v) is 6.36. The van der Waals surface area contributed by atoms with Crippen molar-refractivity contribution in [3.63, 3.8) is 0 Å². The fourth-order valence-electron chi connectivity index (χ4n) is 1.61. The zero-order chi connectivity index (χ0) is 14.5. The van der Waals surface area contributed by atoms with Crippen molar-refractivity contribution < 1.29 is 13.9 Å². The summed E-state index contributed by atoms with van der Waals surface area (Å²) in [4.78, 5) is 24.3. The van der Waals surface area contributed by atoms with Gasteiger partial charge >= 0.3 is 6.08 Å². The van der Waals surface area contributed by atoms with E-state index in [-0.39, 0.29) is 11.8 Å². The highest BCUT2D eigenvalue weighted by atomic mass is 16.6. The van der Waals surface area contributed by atoms with Crippen LogP contribution in [-0.2, 0) is 6.42 Å². The lowest BCUT2D eigenvalue weighted by molar-refractivity contribution is 0.102. The summed E-state index contributed by atoms with van der Waals surface area (Å²) in [5.41, 5.74) is 1.01. The number of hydrogen-bond donors (Lipinski definition) is 1. The summed E-state index contributed by atoms with van der Waals surface area (Å²) in [5, 5.41) is 2.66. The number of hydrogen-bond acceptors (Lipinski definition) is 6. The van der Waals surface area contributed by atoms with Crippen LogP contribution in [0.15, 0.2) is 16.7 Å². The first-order valence-electron chi connectivity index (χ1n) is 6.36. The fourth-order valence-corrected chi connectivity index (χ4v) is 1.61. The number of carbonyl (C=O) groups is 1. The average molecular weight is 276 g/mol. The Labute approximate surface area is 116 Å². The number of anilines is 1. The van der Waals surface area contributed by atoms with E-state index in [0.29, 0.717) is 18.2 Å². The maximum atomic E-state index is 12.0. The molecule has 0 radical (unpaired) electrons. The highest BCUT2D eigenvalue weighted by Crippen LogP contribution is 2.13. The Kier molecular flexibility index (Phi) is 4.29. The number of amides is 1. The molecule has 0 aromatic carbocycles. The fraction of sp³-hybridized carbons (Fsp3) is 0.385. The van der Waals surface area contributed by atoms with Gasteiger partial charge in [0.25, 0.3) is 5.91 Å². The Bertz CT molecular complexity index is 609. The maximum Gasteiger partial charge on any atom is 0.394 e. The Balaban J connectivity index is 2.12. The van der Waals surface area contributed by atoms with Crippen molar-refractivity contribution >= 4 is 11.7 Å². The maximum absolute atomic E-state index is 12.0. The molecule has 0 aliphatic rings. The monoisotopic (exact) mass is 276 g/mol. The van der Waals surface area contributed by atoms with Crippen LogP contribution in [0.25, 0.3) is 0 Å². The number of aromatic nitrogens is 3. The molecule has 0 bridgehead atoms. The molecule has 2 aromatic heterocycles. The van der Waals surface area contributed by atoms with Crippen molar-refractivity contribution in [2.45, 2.75) is 27.2 Å². The van der Waals surface area contributed by atoms with Crippen LogP contribution in [0, 0.1) is 6.92 Å². The lowest BCUT2D eigenvalue weighted by atomic mass is 10.3. The van der Waals surface area contributed by atoms with Gasteiger partial charge in [-0.2, -0.15) is 4.98 Å². The number of nitrogens with zero attached hydrogens (tertiary/aromatic N) is 3. The largest absolute Gasteiger partial charge is 0.450 e. The molecule has 0 saturated heterocycles. The lowest BCUT2D eigenvalue weighted by Gasteiger charge is -2.05. The van der Waals surface area contributed by atoms with Gasteiger partial charge in [-0.15, -0.1) is 0 Å². The summed E-state index contributed by atoms with van der Waals surface area (Å²) in [5.74, 6) is 0.648. The number of oxazole rings is 1. The second-order valence-corrected chi connectivity index (χ2v) is 4.03. The molecule has 1 N–H and O–H groups in total. The van der Waals surface area contributed by atoms with E-state index in [1.54, 1.807) is 19.9 Å². The Morgan fingerprint density at radius 2 is 2.15 bits per heavy atom. The first kappa shape index (κ1) is 14.0. The Morgan fingerprint density at radius 3 is 2.85 bits per heavy atom. The predicted octanol–water partition coefficient (Wildman–Crippen LogP) is 1.99. The van der Waals surface area contributed by atoms with Gasteiger partial charge in [0, 0.05) is 11.8 Å². The van der Waals surface area contributed by atoms with Crippen molar-refractivity contribution in [2.75, 3.05) is 11.9 Å². The smallest absolute Gasteiger partial charge is 0.394 e. The zero-order valence-electron chi connectivity index (χ0n) is 11.6. The normalized spacial score (nSPS) is 10.3. The van der Waals surface area contributed by atoms with E-state index in [4.69, 9.17) is 9.15 Å². The molecule has 1 amide bonds. The molecule has 2 heterocycles. The number of carbonyl (C=O) groups excluding carboxylic acids is 1. The van der Waals surface area contributed by atoms with Crippen LogP contribution in [0.3, 0.4) is 0 Å². The molecule has 0 spiro atoms. The van der Waals surface area contributed by atoms with Gasteiger partial charge in [0.2, 0.25) is 0 Å². The summed E-state index contributed by atoms with van der Waals surface area (Å²) in [6, 6.07) is 1.73. The van der Waals surface area contributed by atoms with Gasteiger partial charge in [-0.05, 0) is 20.3 Å². The van der Waals surface area contributed by atoms with Crippen LogP contribution in [0.1, 0.15) is 35.9 Å². The lowest BCUT2D eigenvalue weighted by Crippen LogP contribution is -2.14. The second kappa shape index (κ2) is 6.14. The molecule has 0 fully saturated rings. The summed E-state index contributed by atoms with van der Waals surface area (Å²) in [7, 11) is 0. The van der Waals surface area contributed by atoms with Crippen LogP contribution in [0.2, 0.25) is 0 Å². The molecule has 0 aliphatic carbocycles. The Hall–Kier alpha value is -2.44. The van der Waals surface area contributed by atoms with Crippen LogP contribution in [0.5, 0.6) is 6.08 Å². The minimum Gasteiger partial charge on any atom is -0.450 e. The molecule has 0 atom stereocenters. The van der Waals surface area contributed by atoms with Crippen LogP contribution >= 0.6 is 0 Å². The highest BCUT2D eigenvalue weighted by molar-refractivity contribution is 6.02. The topological polar surface area (TPSA) is 90.1 Å². The second-order valence-electron chi connectivity index (χ2n) is 4.03. The van der Waals surface area contributed by atoms with Crippen molar-refractivity contribution in [3.8, 4) is 6.08 Å². The SMILES string of the molecule is CCOc1nc(C(=O)Nc2cc(CC)nc(C)n2)co1. The van der Waals surface area contributed by atoms with Crippen molar-refractivity contribution in [2.24, 2.45) is 0 Å². The van der Waals surface area contributed by atoms with E-state index in [0.717, 1.165) is 12.1 Å². The van der Waals surface area contributed by atoms with Gasteiger partial charge in [-0.1, -0.05) is 6.92 Å². The van der Waals surface area contributed by atoms with Crippen LogP contribution < -0.4 is 10.1 Å². The number of ether oxygens (including phenoxy) is 1. The molecular weight excluding hydrogens is 260 g/mol. The molecule has 106 valence electrons. The third-order valence-corrected chi connectivity index (χ3v) is 2.48. The van der Waals surface area contributed by atoms with E-state index in [2.05, 4.69) is 20.3 Å². The summed E-state index contributed by atoms with van der Waals surface area (Å²) in [6.07, 6.45) is 2.09. The molecular formula is C13H16N4O3. The quantitative estimate of drug-likeness (QED) is 0.898. The third-order valence-electron chi connectivity index (χ3n) is 2.48. The first-order chi connectivity index (χ1) is 9.62. The molecule has 20 heavy (non-hydrogen) atoms. The van der Waals surface area contributed by atoms with Gasteiger partial charge < -0.3 is 14.5 Å². The summed E-state index contributed by atoms with van der Waals surface area (Å²) < 4.78 is 10.1. The van der Waals surface area contributed by atoms with Gasteiger partial charge in [-0.25, -0.2) is 9.97 Å². The van der Waals surface area contributed by atoms with Gasteiger partial charge in [-0.3, -0.25) is 4.79 Å². The standard InChI is InChI=1S/C13H16N4O3/c1-4-9-6-11(15-8(3)14-9)17-12(18)10-7-20-13(16-10)19-5-2/h6-7H,4-5H2,1-3H3,(H,14,15,17,18). The molecule has 2 rings (SSSR count). The van der Waals surface area contributed by atoms with E-state index >= 15 is 0 Å². The van der Waals surface area contributed by atoms with E-state index in [9.17, 15) is 4.79 Å². The minimum atomic E-state index is -0.403. The van der Waals surface area contributed by atoms with E-state index in [1.165, 1.54) is 6.26 Å². The molecule has 0 unspecified atom stereocenters. The van der Waals surface area contributed by atoms with Crippen LogP contribution in [0.4, 0.5) is 5.82 Å². The molecule has 7 heteroatoms. The number of aryl methyl sites for hydroxylation is 2. The molecule has 0 aliphatic heterocycles. The number of nitrogens with one attached hydrogen (secondary N) is 1. The zero-order valence-corrected chi connectivity index (χ0v) is 11.6. The van der Waals surface area contributed by atoms with Crippen LogP contribution in [-0.4, -0.2) is 27.5 Å². The van der Waals surface area contributed by atoms with Crippen molar-refractivity contribution in [1.82, 2.24) is 15.0 Å². The van der Waals surface area contributed by atoms with Gasteiger partial charge in [0.15, 0.2) is 5.69 Å². The van der Waals surface area contributed by atoms with Gasteiger partial charge in [0.1, 0.15) is 17.9 Å². The summed E-state index contributed by atoms with van der Waals surface area (Å²) in [6.45, 7) is 5.99. The van der Waals surface area contributed by atoms with Crippen molar-refractivity contribution in [1.29, 1.82) is 0 Å². The average Bonchev–Trinajstić information content (AvgIpc) is 2.87.